The third-order valence-corrected chi connectivity index (χ3v) is 6.54. The minimum Gasteiger partial charge on any atom is -0.366 e. The molecule has 0 aliphatic carbocycles. The first-order valence-corrected chi connectivity index (χ1v) is 11.2. The normalized spacial score (nSPS) is 15.2. The summed E-state index contributed by atoms with van der Waals surface area (Å²) in [7, 11) is 0. The van der Waals surface area contributed by atoms with Crippen LogP contribution in [0, 0.1) is 5.41 Å². The molecule has 0 aromatic heterocycles. The number of para-hydroxylation sites is 1. The average Bonchev–Trinajstić information content (AvgIpc) is 3.13. The lowest BCUT2D eigenvalue weighted by Crippen LogP contribution is -2.44. The number of benzene rings is 3. The van der Waals surface area contributed by atoms with Crippen LogP contribution < -0.4 is 4.90 Å². The predicted molar refractivity (Wildman–Crippen MR) is 129 cm³/mol. The number of hydrogen-bond acceptors (Lipinski definition) is 1. The van der Waals surface area contributed by atoms with Crippen LogP contribution in [-0.2, 0) is 12.8 Å². The van der Waals surface area contributed by atoms with Gasteiger partial charge < -0.3 is 4.90 Å². The van der Waals surface area contributed by atoms with Gasteiger partial charge in [0.15, 0.2) is 0 Å². The fourth-order valence-electron chi connectivity index (χ4n) is 5.28. The summed E-state index contributed by atoms with van der Waals surface area (Å²) in [5.74, 6) is 0.384. The monoisotopic (exact) mass is 397 g/mol. The zero-order valence-corrected chi connectivity index (χ0v) is 19.2. The molecule has 0 saturated carbocycles. The molecule has 1 nitrogen and oxygen atoms in total. The smallest absolute Gasteiger partial charge is 0.0404 e. The quantitative estimate of drug-likeness (QED) is 0.438. The van der Waals surface area contributed by atoms with Gasteiger partial charge in [0.1, 0.15) is 0 Å². The number of anilines is 1. The third-order valence-electron chi connectivity index (χ3n) is 6.54. The third kappa shape index (κ3) is 4.17. The predicted octanol–water partition coefficient (Wildman–Crippen LogP) is 7.25. The van der Waals surface area contributed by atoms with E-state index in [4.69, 9.17) is 0 Å². The Morgan fingerprint density at radius 2 is 1.43 bits per heavy atom. The fraction of sp³-hybridized carbons (Fsp3) is 0.379. The summed E-state index contributed by atoms with van der Waals surface area (Å²) in [4.78, 5) is 2.60. The van der Waals surface area contributed by atoms with Gasteiger partial charge in [0.05, 0.1) is 0 Å². The first-order valence-electron chi connectivity index (χ1n) is 11.2. The van der Waals surface area contributed by atoms with Crippen molar-refractivity contribution in [1.82, 2.24) is 0 Å². The van der Waals surface area contributed by atoms with Gasteiger partial charge in [0, 0.05) is 23.7 Å². The van der Waals surface area contributed by atoms with Crippen molar-refractivity contribution in [1.29, 1.82) is 0 Å². The van der Waals surface area contributed by atoms with Crippen molar-refractivity contribution in [2.75, 3.05) is 11.4 Å². The highest BCUT2D eigenvalue weighted by molar-refractivity contribution is 5.60. The molecular weight excluding hydrogens is 362 g/mol. The van der Waals surface area contributed by atoms with E-state index < -0.39 is 0 Å². The SMILES string of the molecule is CC(C)(C)C(c1ccccc1)c1cccc(CC(C)(C)N2CCc3ccccc32)c1. The molecule has 0 saturated heterocycles. The molecule has 1 aliphatic heterocycles. The van der Waals surface area contributed by atoms with Crippen LogP contribution in [0.3, 0.4) is 0 Å². The molecule has 3 aromatic carbocycles. The summed E-state index contributed by atoms with van der Waals surface area (Å²) < 4.78 is 0. The molecule has 0 bridgehead atoms. The summed E-state index contributed by atoms with van der Waals surface area (Å²) >= 11 is 0. The largest absolute Gasteiger partial charge is 0.366 e. The zero-order valence-electron chi connectivity index (χ0n) is 19.2. The molecule has 4 rings (SSSR count). The number of fused-ring (bicyclic) bond motifs is 1. The molecule has 0 spiro atoms. The maximum Gasteiger partial charge on any atom is 0.0404 e. The second kappa shape index (κ2) is 7.95. The van der Waals surface area contributed by atoms with E-state index in [2.05, 4.69) is 118 Å². The lowest BCUT2D eigenvalue weighted by molar-refractivity contribution is 0.358. The Labute approximate surface area is 182 Å². The van der Waals surface area contributed by atoms with E-state index in [1.165, 1.54) is 27.9 Å². The van der Waals surface area contributed by atoms with Gasteiger partial charge in [-0.25, -0.2) is 0 Å². The molecule has 1 atom stereocenters. The number of rotatable bonds is 5. The minimum absolute atomic E-state index is 0.0786. The van der Waals surface area contributed by atoms with Crippen molar-refractivity contribution in [3.05, 3.63) is 101 Å². The summed E-state index contributed by atoms with van der Waals surface area (Å²) in [6.07, 6.45) is 2.20. The molecule has 0 N–H and O–H groups in total. The van der Waals surface area contributed by atoms with Gasteiger partial charge >= 0.3 is 0 Å². The maximum atomic E-state index is 2.60. The lowest BCUT2D eigenvalue weighted by atomic mass is 9.72. The molecule has 0 fully saturated rings. The Balaban J connectivity index is 1.63. The average molecular weight is 398 g/mol. The number of hydrogen-bond donors (Lipinski definition) is 0. The minimum atomic E-state index is 0.0786. The summed E-state index contributed by atoms with van der Waals surface area (Å²) in [6.45, 7) is 12.9. The van der Waals surface area contributed by atoms with Crippen molar-refractivity contribution in [2.24, 2.45) is 5.41 Å². The van der Waals surface area contributed by atoms with E-state index in [1.54, 1.807) is 0 Å². The van der Waals surface area contributed by atoms with E-state index in [-0.39, 0.29) is 11.0 Å². The van der Waals surface area contributed by atoms with Crippen LogP contribution in [0.5, 0.6) is 0 Å². The van der Waals surface area contributed by atoms with Crippen LogP contribution in [0.1, 0.15) is 62.8 Å². The summed E-state index contributed by atoms with van der Waals surface area (Å²) in [5, 5.41) is 0. The first kappa shape index (κ1) is 20.7. The molecule has 0 amide bonds. The molecule has 0 radical (unpaired) electrons. The zero-order chi connectivity index (χ0) is 21.4. The molecule has 1 heteroatoms. The van der Waals surface area contributed by atoms with E-state index in [0.29, 0.717) is 5.92 Å². The molecule has 3 aromatic rings. The molecular formula is C29H35N. The Morgan fingerprint density at radius 1 is 0.767 bits per heavy atom. The van der Waals surface area contributed by atoms with Crippen LogP contribution in [0.25, 0.3) is 0 Å². The van der Waals surface area contributed by atoms with Crippen LogP contribution >= 0.6 is 0 Å². The summed E-state index contributed by atoms with van der Waals surface area (Å²) in [5.41, 5.74) is 7.37. The van der Waals surface area contributed by atoms with Crippen LogP contribution in [0.15, 0.2) is 78.9 Å². The molecule has 30 heavy (non-hydrogen) atoms. The van der Waals surface area contributed by atoms with Crippen LogP contribution in [-0.4, -0.2) is 12.1 Å². The van der Waals surface area contributed by atoms with Crippen LogP contribution in [0.2, 0.25) is 0 Å². The highest BCUT2D eigenvalue weighted by Gasteiger charge is 2.33. The molecule has 1 heterocycles. The Morgan fingerprint density at radius 3 is 2.17 bits per heavy atom. The Kier molecular flexibility index (Phi) is 5.49. The van der Waals surface area contributed by atoms with Gasteiger partial charge in [-0.3, -0.25) is 0 Å². The van der Waals surface area contributed by atoms with E-state index in [0.717, 1.165) is 19.4 Å². The second-order valence-electron chi connectivity index (χ2n) is 10.5. The van der Waals surface area contributed by atoms with Gasteiger partial charge in [-0.1, -0.05) is 93.6 Å². The van der Waals surface area contributed by atoms with Crippen molar-refractivity contribution in [3.63, 3.8) is 0 Å². The van der Waals surface area contributed by atoms with E-state index >= 15 is 0 Å². The van der Waals surface area contributed by atoms with Gasteiger partial charge in [-0.2, -0.15) is 0 Å². The van der Waals surface area contributed by atoms with Crippen molar-refractivity contribution >= 4 is 5.69 Å². The standard InChI is InChI=1S/C29H35N/c1-28(2,3)27(24-14-7-6-8-15-24)25-16-11-12-22(20-25)21-29(4,5)30-19-18-23-13-9-10-17-26(23)30/h6-17,20,27H,18-19,21H2,1-5H3. The van der Waals surface area contributed by atoms with Gasteiger partial charge in [0.25, 0.3) is 0 Å². The lowest BCUT2D eigenvalue weighted by Gasteiger charge is -2.38. The van der Waals surface area contributed by atoms with Crippen molar-refractivity contribution < 1.29 is 0 Å². The Bertz CT molecular complexity index is 994. The van der Waals surface area contributed by atoms with Gasteiger partial charge in [-0.05, 0) is 60.4 Å². The topological polar surface area (TPSA) is 3.24 Å². The molecule has 156 valence electrons. The highest BCUT2D eigenvalue weighted by Crippen LogP contribution is 2.41. The number of nitrogens with zero attached hydrogens (tertiary/aromatic N) is 1. The van der Waals surface area contributed by atoms with Crippen molar-refractivity contribution in [3.8, 4) is 0 Å². The molecule has 1 unspecified atom stereocenters. The van der Waals surface area contributed by atoms with E-state index in [1.807, 2.05) is 0 Å². The van der Waals surface area contributed by atoms with Crippen molar-refractivity contribution in [2.45, 2.75) is 58.9 Å². The van der Waals surface area contributed by atoms with Gasteiger partial charge in [0.2, 0.25) is 0 Å². The summed E-state index contributed by atoms with van der Waals surface area (Å²) in [6, 6.07) is 29.2. The van der Waals surface area contributed by atoms with Gasteiger partial charge in [-0.15, -0.1) is 0 Å². The fourth-order valence-corrected chi connectivity index (χ4v) is 5.28. The first-order chi connectivity index (χ1) is 14.3. The maximum absolute atomic E-state index is 2.60. The highest BCUT2D eigenvalue weighted by atomic mass is 15.2. The molecule has 1 aliphatic rings. The van der Waals surface area contributed by atoms with Crippen LogP contribution in [0.4, 0.5) is 5.69 Å². The Hall–Kier alpha value is -2.54. The van der Waals surface area contributed by atoms with E-state index in [9.17, 15) is 0 Å². The second-order valence-corrected chi connectivity index (χ2v) is 10.5.